The smallest absolute Gasteiger partial charge is 0.389 e. The summed E-state index contributed by atoms with van der Waals surface area (Å²) in [5, 5.41) is 24.4. The molecule has 0 aromatic heterocycles. The third-order valence-corrected chi connectivity index (χ3v) is 11.6. The van der Waals surface area contributed by atoms with E-state index in [-0.39, 0.29) is 61.5 Å². The number of hydrogen-bond acceptors (Lipinski definition) is 12. The summed E-state index contributed by atoms with van der Waals surface area (Å²) in [6.07, 6.45) is -10.4. The fourth-order valence-electron chi connectivity index (χ4n) is 7.66. The molecule has 0 saturated carbocycles. The van der Waals surface area contributed by atoms with Crippen molar-refractivity contribution in [3.63, 3.8) is 0 Å². The third kappa shape index (κ3) is 17.5. The lowest BCUT2D eigenvalue weighted by Crippen LogP contribution is -2.54. The van der Waals surface area contributed by atoms with Gasteiger partial charge in [0.05, 0.1) is 24.3 Å². The van der Waals surface area contributed by atoms with E-state index in [0.717, 1.165) is 12.2 Å². The number of aliphatic hydroxyl groups excluding tert-OH is 2. The van der Waals surface area contributed by atoms with Gasteiger partial charge in [-0.15, -0.1) is 0 Å². The summed E-state index contributed by atoms with van der Waals surface area (Å²) < 4.78 is 96.0. The zero-order chi connectivity index (χ0) is 54.2. The molecular weight excluding hydrogens is 987 g/mol. The third-order valence-electron chi connectivity index (χ3n) is 11.6. The molecule has 6 rings (SSSR count). The van der Waals surface area contributed by atoms with Crippen molar-refractivity contribution >= 4 is 47.0 Å². The van der Waals surface area contributed by atoms with Crippen LogP contribution in [0.15, 0.2) is 158 Å². The fraction of sp³-hybridized carbons (Fsp3) is 0.228. The predicted octanol–water partition coefficient (Wildman–Crippen LogP) is 10.8. The standard InChI is InChI=1S/C57H52F6N2O10/c58-56(59,60)31-1-33-72-45-21-25-47(26-22-45)74-53(70)41-13-3-37(4-14-41)11-29-49(66)51(68)55(35-39-7-17-43(64)18-8-39,36-40-9-19-44(65)20-10-40)52(69)50(67)30-12-38-5-15-42(16-6-38)54(71)75-48-27-23-46(24-28-48)73-34-2-32-57(61,62)63/h3-30,51-52,68-69H,1-2,31-36,64-65H2/b29-11+,30-12+. The second-order valence-electron chi connectivity index (χ2n) is 17.4. The Morgan fingerprint density at radius 2 is 0.787 bits per heavy atom. The number of ketones is 2. The molecule has 0 aliphatic rings. The van der Waals surface area contributed by atoms with Gasteiger partial charge < -0.3 is 40.6 Å². The van der Waals surface area contributed by atoms with Crippen molar-refractivity contribution in [3.8, 4) is 23.0 Å². The van der Waals surface area contributed by atoms with Crippen molar-refractivity contribution in [2.24, 2.45) is 5.41 Å². The summed E-state index contributed by atoms with van der Waals surface area (Å²) in [6.45, 7) is -0.294. The molecule has 6 N–H and O–H groups in total. The van der Waals surface area contributed by atoms with Crippen LogP contribution in [-0.4, -0.2) is 71.5 Å². The Balaban J connectivity index is 1.15. The molecule has 2 atom stereocenters. The largest absolute Gasteiger partial charge is 0.494 e. The van der Waals surface area contributed by atoms with E-state index >= 15 is 0 Å². The number of carbonyl (C=O) groups excluding carboxylic acids is 4. The monoisotopic (exact) mass is 1040 g/mol. The van der Waals surface area contributed by atoms with Crippen LogP contribution in [0.2, 0.25) is 0 Å². The molecule has 6 aromatic carbocycles. The number of nitrogen functional groups attached to an aromatic ring is 2. The average Bonchev–Trinajstić information content (AvgIpc) is 3.38. The lowest BCUT2D eigenvalue weighted by atomic mass is 9.66. The van der Waals surface area contributed by atoms with Gasteiger partial charge in [-0.3, -0.25) is 9.59 Å². The van der Waals surface area contributed by atoms with Crippen molar-refractivity contribution in [1.82, 2.24) is 0 Å². The molecule has 0 amide bonds. The molecule has 0 aliphatic heterocycles. The van der Waals surface area contributed by atoms with Crippen LogP contribution in [0.4, 0.5) is 37.7 Å². The number of rotatable bonds is 24. The first kappa shape index (κ1) is 56.1. The first-order valence-electron chi connectivity index (χ1n) is 23.4. The van der Waals surface area contributed by atoms with Crippen molar-refractivity contribution in [1.29, 1.82) is 0 Å². The predicted molar refractivity (Wildman–Crippen MR) is 269 cm³/mol. The van der Waals surface area contributed by atoms with E-state index in [1.165, 1.54) is 109 Å². The van der Waals surface area contributed by atoms with Crippen LogP contribution in [-0.2, 0) is 22.4 Å². The number of hydrogen-bond donors (Lipinski definition) is 4. The highest BCUT2D eigenvalue weighted by Gasteiger charge is 2.49. The lowest BCUT2D eigenvalue weighted by molar-refractivity contribution is -0.146. The van der Waals surface area contributed by atoms with E-state index in [1.54, 1.807) is 48.5 Å². The van der Waals surface area contributed by atoms with Crippen molar-refractivity contribution in [3.05, 3.63) is 191 Å². The van der Waals surface area contributed by atoms with Gasteiger partial charge >= 0.3 is 24.3 Å². The second-order valence-corrected chi connectivity index (χ2v) is 17.4. The van der Waals surface area contributed by atoms with Crippen LogP contribution in [0.3, 0.4) is 0 Å². The summed E-state index contributed by atoms with van der Waals surface area (Å²) in [7, 11) is 0. The van der Waals surface area contributed by atoms with Crippen LogP contribution in [0.25, 0.3) is 12.2 Å². The maximum atomic E-state index is 14.1. The van der Waals surface area contributed by atoms with E-state index < -0.39 is 66.3 Å². The van der Waals surface area contributed by atoms with Crippen LogP contribution in [0.1, 0.15) is 68.7 Å². The molecule has 2 unspecified atom stereocenters. The Kier molecular flexibility index (Phi) is 19.2. The Morgan fingerprint density at radius 3 is 1.11 bits per heavy atom. The van der Waals surface area contributed by atoms with E-state index in [9.17, 15) is 55.7 Å². The highest BCUT2D eigenvalue weighted by Crippen LogP contribution is 2.38. The van der Waals surface area contributed by atoms with Crippen molar-refractivity contribution in [2.75, 3.05) is 24.7 Å². The van der Waals surface area contributed by atoms with Gasteiger partial charge in [0.15, 0.2) is 11.6 Å². The maximum absolute atomic E-state index is 14.1. The number of ether oxygens (including phenoxy) is 4. The van der Waals surface area contributed by atoms with Gasteiger partial charge in [0.2, 0.25) is 0 Å². The van der Waals surface area contributed by atoms with Gasteiger partial charge in [0.1, 0.15) is 35.2 Å². The SMILES string of the molecule is Nc1ccc(CC(Cc2ccc(N)cc2)(C(O)C(=O)/C=C/c2ccc(C(=O)Oc3ccc(OCCCC(F)(F)F)cc3)cc2)C(O)C(=O)/C=C/c2ccc(C(=O)Oc3ccc(OCCCC(F)(F)F)cc3)cc2)cc1. The minimum atomic E-state index is -4.28. The molecule has 0 fully saturated rings. The van der Waals surface area contributed by atoms with Gasteiger partial charge in [0.25, 0.3) is 0 Å². The van der Waals surface area contributed by atoms with Crippen LogP contribution in [0.5, 0.6) is 23.0 Å². The lowest BCUT2D eigenvalue weighted by Gasteiger charge is -2.40. The van der Waals surface area contributed by atoms with Gasteiger partial charge in [-0.05, 0) is 157 Å². The first-order chi connectivity index (χ1) is 35.6. The number of benzene rings is 6. The second kappa shape index (κ2) is 25.6. The number of aliphatic hydroxyl groups is 2. The van der Waals surface area contributed by atoms with Crippen LogP contribution >= 0.6 is 0 Å². The molecule has 0 aliphatic carbocycles. The van der Waals surface area contributed by atoms with Gasteiger partial charge in [-0.25, -0.2) is 9.59 Å². The normalized spacial score (nSPS) is 12.8. The number of alkyl halides is 6. The quantitative estimate of drug-likeness (QED) is 0.0112. The highest BCUT2D eigenvalue weighted by atomic mass is 19.4. The summed E-state index contributed by atoms with van der Waals surface area (Å²) in [5.74, 6) is -2.28. The van der Waals surface area contributed by atoms with E-state index in [0.29, 0.717) is 45.1 Å². The molecule has 392 valence electrons. The first-order valence-corrected chi connectivity index (χ1v) is 23.4. The Labute approximate surface area is 427 Å². The molecule has 0 saturated heterocycles. The zero-order valence-corrected chi connectivity index (χ0v) is 40.1. The number of halogens is 6. The minimum absolute atomic E-state index is 0.141. The van der Waals surface area contributed by atoms with Crippen molar-refractivity contribution in [2.45, 2.75) is 63.1 Å². The minimum Gasteiger partial charge on any atom is -0.494 e. The Hall–Kier alpha value is -8.22. The summed E-state index contributed by atoms with van der Waals surface area (Å²) in [4.78, 5) is 54.2. The summed E-state index contributed by atoms with van der Waals surface area (Å²) >= 11 is 0. The molecule has 18 heteroatoms. The molecule has 6 aromatic rings. The van der Waals surface area contributed by atoms with Gasteiger partial charge in [-0.2, -0.15) is 26.3 Å². The zero-order valence-electron chi connectivity index (χ0n) is 40.1. The summed E-state index contributed by atoms with van der Waals surface area (Å²) in [5.41, 5.74) is 13.1. The topological polar surface area (TPSA) is 198 Å². The van der Waals surface area contributed by atoms with Gasteiger partial charge in [-0.1, -0.05) is 60.7 Å². The van der Waals surface area contributed by atoms with E-state index in [1.807, 2.05) is 0 Å². The molecule has 0 spiro atoms. The molecule has 75 heavy (non-hydrogen) atoms. The fourth-order valence-corrected chi connectivity index (χ4v) is 7.66. The number of anilines is 2. The number of carbonyl (C=O) groups is 4. The average molecular weight is 1040 g/mol. The van der Waals surface area contributed by atoms with Crippen LogP contribution in [0, 0.1) is 5.41 Å². The van der Waals surface area contributed by atoms with Crippen molar-refractivity contribution < 1.29 is 74.7 Å². The molecule has 12 nitrogen and oxygen atoms in total. The molecular formula is C57H52F6N2O10. The molecule has 0 heterocycles. The van der Waals surface area contributed by atoms with E-state index in [2.05, 4.69) is 0 Å². The van der Waals surface area contributed by atoms with Crippen LogP contribution < -0.4 is 30.4 Å². The maximum Gasteiger partial charge on any atom is 0.389 e. The number of esters is 2. The number of nitrogens with two attached hydrogens (primary N) is 2. The molecule has 0 bridgehead atoms. The Morgan fingerprint density at radius 1 is 0.467 bits per heavy atom. The summed E-state index contributed by atoms with van der Waals surface area (Å²) in [6, 6.07) is 36.4. The van der Waals surface area contributed by atoms with E-state index in [4.69, 9.17) is 30.4 Å². The molecule has 0 radical (unpaired) electrons. The van der Waals surface area contributed by atoms with Gasteiger partial charge in [0, 0.05) is 29.6 Å². The highest BCUT2D eigenvalue weighted by molar-refractivity contribution is 6.01. The Bertz CT molecular complexity index is 2700.